The molecule has 0 spiro atoms. The molecule has 2 amide bonds. The number of hydrazine groups is 1. The third-order valence-corrected chi connectivity index (χ3v) is 6.70. The van der Waals surface area contributed by atoms with Gasteiger partial charge in [0.2, 0.25) is 5.91 Å². The minimum atomic E-state index is -0.662. The van der Waals surface area contributed by atoms with Gasteiger partial charge in [0.1, 0.15) is 23.5 Å². The second-order valence-electron chi connectivity index (χ2n) is 9.21. The van der Waals surface area contributed by atoms with Crippen molar-refractivity contribution in [3.8, 4) is 11.5 Å². The van der Waals surface area contributed by atoms with Gasteiger partial charge < -0.3 is 20.1 Å². The van der Waals surface area contributed by atoms with E-state index in [1.165, 1.54) is 5.56 Å². The number of fused-ring (bicyclic) bond motifs is 1. The minimum Gasteiger partial charge on any atom is -0.497 e. The van der Waals surface area contributed by atoms with Gasteiger partial charge in [-0.15, -0.1) is 0 Å². The molecular formula is C26H31N7O4. The fraction of sp³-hybridized carbons (Fsp3) is 0.346. The summed E-state index contributed by atoms with van der Waals surface area (Å²) >= 11 is 0. The first-order valence-electron chi connectivity index (χ1n) is 12.1. The smallest absolute Gasteiger partial charge is 0.263 e. The fourth-order valence-electron chi connectivity index (χ4n) is 4.65. The number of hydrogen-bond acceptors (Lipinski definition) is 8. The second-order valence-corrected chi connectivity index (χ2v) is 9.21. The van der Waals surface area contributed by atoms with Crippen LogP contribution in [0.15, 0.2) is 48.5 Å². The van der Waals surface area contributed by atoms with Crippen molar-refractivity contribution in [1.82, 2.24) is 25.8 Å². The van der Waals surface area contributed by atoms with E-state index in [2.05, 4.69) is 46.4 Å². The Bertz CT molecular complexity index is 1320. The van der Waals surface area contributed by atoms with Gasteiger partial charge in [0, 0.05) is 18.7 Å². The van der Waals surface area contributed by atoms with Crippen molar-refractivity contribution in [2.45, 2.75) is 33.2 Å². The van der Waals surface area contributed by atoms with Crippen molar-refractivity contribution in [2.75, 3.05) is 30.6 Å². The predicted octanol–water partition coefficient (Wildman–Crippen LogP) is 1.98. The number of anilines is 2. The Balaban J connectivity index is 1.31. The first-order chi connectivity index (χ1) is 17.8. The standard InChI is InChI=1S/C26H31N7O4/c1-15-7-5-10-21(17(15)3)32-24-20(13-27-32)25(35)30-26(29-24)33-22(11-16(2)31-33)28-23(34)14-37-19-9-6-8-18(12-19)36-4/h5-12,20,24,26-27,29H,13-14H2,1-4H3,(H,28,34)(H,30,35). The molecule has 3 aromatic rings. The minimum absolute atomic E-state index is 0.0964. The van der Waals surface area contributed by atoms with E-state index in [9.17, 15) is 9.59 Å². The lowest BCUT2D eigenvalue weighted by molar-refractivity contribution is -0.129. The molecule has 0 bridgehead atoms. The van der Waals surface area contributed by atoms with E-state index in [0.29, 0.717) is 29.6 Å². The van der Waals surface area contributed by atoms with Gasteiger partial charge in [0.05, 0.1) is 24.4 Å². The molecule has 5 rings (SSSR count). The summed E-state index contributed by atoms with van der Waals surface area (Å²) < 4.78 is 12.4. The molecule has 0 saturated carbocycles. The van der Waals surface area contributed by atoms with E-state index >= 15 is 0 Å². The van der Waals surface area contributed by atoms with E-state index < -0.39 is 6.29 Å². The Morgan fingerprint density at radius 1 is 1.14 bits per heavy atom. The monoisotopic (exact) mass is 505 g/mol. The zero-order valence-electron chi connectivity index (χ0n) is 21.2. The van der Waals surface area contributed by atoms with Crippen LogP contribution in [0, 0.1) is 26.7 Å². The van der Waals surface area contributed by atoms with Crippen LogP contribution in [0.25, 0.3) is 0 Å². The molecule has 1 aromatic heterocycles. The van der Waals surface area contributed by atoms with Gasteiger partial charge in [0.15, 0.2) is 12.9 Å². The summed E-state index contributed by atoms with van der Waals surface area (Å²) in [4.78, 5) is 25.8. The fourth-order valence-corrected chi connectivity index (χ4v) is 4.65. The summed E-state index contributed by atoms with van der Waals surface area (Å²) in [7, 11) is 1.57. The SMILES string of the molecule is COc1cccc(OCC(=O)Nc2cc(C)nn2C2NC(=O)C3CNN(c4cccc(C)c4C)C3N2)c1. The summed E-state index contributed by atoms with van der Waals surface area (Å²) in [5.74, 6) is 0.857. The normalized spacial score (nSPS) is 20.8. The van der Waals surface area contributed by atoms with Crippen molar-refractivity contribution >= 4 is 23.3 Å². The Kier molecular flexibility index (Phi) is 6.72. The number of hydrogen-bond donors (Lipinski definition) is 4. The van der Waals surface area contributed by atoms with Crippen LogP contribution in [-0.4, -0.2) is 48.0 Å². The van der Waals surface area contributed by atoms with Crippen LogP contribution in [0.4, 0.5) is 11.5 Å². The molecule has 3 unspecified atom stereocenters. The van der Waals surface area contributed by atoms with Crippen molar-refractivity contribution in [3.63, 3.8) is 0 Å². The number of methoxy groups -OCH3 is 1. The molecule has 0 aliphatic carbocycles. The van der Waals surface area contributed by atoms with Crippen molar-refractivity contribution in [2.24, 2.45) is 5.92 Å². The Hall–Kier alpha value is -4.09. The van der Waals surface area contributed by atoms with Crippen LogP contribution in [-0.2, 0) is 9.59 Å². The summed E-state index contributed by atoms with van der Waals surface area (Å²) in [5.41, 5.74) is 7.37. The molecule has 3 atom stereocenters. The highest BCUT2D eigenvalue weighted by Gasteiger charge is 2.45. The number of ether oxygens (including phenoxy) is 2. The topological polar surface area (TPSA) is 122 Å². The number of amides is 2. The van der Waals surface area contributed by atoms with E-state index in [1.54, 1.807) is 42.1 Å². The highest BCUT2D eigenvalue weighted by molar-refractivity contribution is 5.91. The molecule has 0 radical (unpaired) electrons. The van der Waals surface area contributed by atoms with Gasteiger partial charge in [-0.25, -0.2) is 10.1 Å². The van der Waals surface area contributed by atoms with Crippen molar-refractivity contribution < 1.29 is 19.1 Å². The molecule has 194 valence electrons. The zero-order valence-corrected chi connectivity index (χ0v) is 21.2. The van der Waals surface area contributed by atoms with E-state index in [1.807, 2.05) is 24.1 Å². The molecule has 37 heavy (non-hydrogen) atoms. The van der Waals surface area contributed by atoms with E-state index in [0.717, 1.165) is 11.3 Å². The first kappa shape index (κ1) is 24.6. The largest absolute Gasteiger partial charge is 0.497 e. The maximum Gasteiger partial charge on any atom is 0.263 e. The molecular weight excluding hydrogens is 474 g/mol. The van der Waals surface area contributed by atoms with Crippen LogP contribution in [0.5, 0.6) is 11.5 Å². The highest BCUT2D eigenvalue weighted by Crippen LogP contribution is 2.31. The highest BCUT2D eigenvalue weighted by atomic mass is 16.5. The summed E-state index contributed by atoms with van der Waals surface area (Å²) in [6.07, 6.45) is -0.965. The van der Waals surface area contributed by atoms with Crippen LogP contribution in [0.2, 0.25) is 0 Å². The quantitative estimate of drug-likeness (QED) is 0.385. The molecule has 11 heteroatoms. The van der Waals surface area contributed by atoms with Gasteiger partial charge in [0.25, 0.3) is 5.91 Å². The summed E-state index contributed by atoms with van der Waals surface area (Å²) in [5, 5.41) is 15.9. The average Bonchev–Trinajstić information content (AvgIpc) is 3.48. The molecule has 11 nitrogen and oxygen atoms in total. The molecule has 2 aliphatic heterocycles. The number of nitrogens with zero attached hydrogens (tertiary/aromatic N) is 3. The Morgan fingerprint density at radius 3 is 2.73 bits per heavy atom. The van der Waals surface area contributed by atoms with Gasteiger partial charge in [-0.05, 0) is 50.1 Å². The number of aromatic nitrogens is 2. The van der Waals surface area contributed by atoms with Crippen LogP contribution in [0.3, 0.4) is 0 Å². The molecule has 2 aliphatic rings. The third kappa shape index (κ3) is 4.95. The Morgan fingerprint density at radius 2 is 1.92 bits per heavy atom. The van der Waals surface area contributed by atoms with Gasteiger partial charge in [-0.3, -0.25) is 19.9 Å². The summed E-state index contributed by atoms with van der Waals surface area (Å²) in [6, 6.07) is 14.9. The third-order valence-electron chi connectivity index (χ3n) is 6.70. The number of benzene rings is 2. The molecule has 3 heterocycles. The van der Waals surface area contributed by atoms with Gasteiger partial charge >= 0.3 is 0 Å². The first-order valence-corrected chi connectivity index (χ1v) is 12.1. The van der Waals surface area contributed by atoms with Crippen LogP contribution < -0.4 is 35.9 Å². The second kappa shape index (κ2) is 10.1. The van der Waals surface area contributed by atoms with E-state index in [-0.39, 0.29) is 30.5 Å². The van der Waals surface area contributed by atoms with Crippen LogP contribution >= 0.6 is 0 Å². The lowest BCUT2D eigenvalue weighted by atomic mass is 10.0. The van der Waals surface area contributed by atoms with E-state index in [4.69, 9.17) is 9.47 Å². The number of nitrogens with one attached hydrogen (secondary N) is 4. The lowest BCUT2D eigenvalue weighted by Gasteiger charge is -2.38. The van der Waals surface area contributed by atoms with Gasteiger partial charge in [-0.2, -0.15) is 5.10 Å². The maximum atomic E-state index is 13.1. The van der Waals surface area contributed by atoms with Gasteiger partial charge in [-0.1, -0.05) is 18.2 Å². The number of aryl methyl sites for hydroxylation is 2. The molecule has 2 fully saturated rings. The number of rotatable bonds is 7. The van der Waals surface area contributed by atoms with Crippen LogP contribution in [0.1, 0.15) is 23.1 Å². The number of carbonyl (C=O) groups is 2. The maximum absolute atomic E-state index is 13.1. The molecule has 2 aromatic carbocycles. The Labute approximate surface area is 215 Å². The lowest BCUT2D eigenvalue weighted by Crippen LogP contribution is -2.62. The average molecular weight is 506 g/mol. The zero-order chi connectivity index (χ0) is 26.1. The summed E-state index contributed by atoms with van der Waals surface area (Å²) in [6.45, 7) is 6.27. The predicted molar refractivity (Wildman–Crippen MR) is 138 cm³/mol. The molecule has 4 N–H and O–H groups in total. The molecule has 2 saturated heterocycles. The number of carbonyl (C=O) groups excluding carboxylic acids is 2. The van der Waals surface area contributed by atoms with Crippen molar-refractivity contribution in [3.05, 3.63) is 65.4 Å². The van der Waals surface area contributed by atoms with Crippen molar-refractivity contribution in [1.29, 1.82) is 0 Å².